The molecule has 1 aliphatic carbocycles. The highest BCUT2D eigenvalue weighted by Gasteiger charge is 2.29. The summed E-state index contributed by atoms with van der Waals surface area (Å²) in [5, 5.41) is 14.1. The van der Waals surface area contributed by atoms with Gasteiger partial charge in [-0.15, -0.1) is 0 Å². The van der Waals surface area contributed by atoms with Crippen LogP contribution in [-0.4, -0.2) is 17.3 Å². The summed E-state index contributed by atoms with van der Waals surface area (Å²) in [4.78, 5) is 0. The monoisotopic (exact) mass is 275 g/mol. The highest BCUT2D eigenvalue weighted by atomic mass is 16.3. The first-order chi connectivity index (χ1) is 9.41. The maximum atomic E-state index is 10.6. The lowest BCUT2D eigenvalue weighted by molar-refractivity contribution is 0.00298. The Morgan fingerprint density at radius 2 is 1.65 bits per heavy atom. The van der Waals surface area contributed by atoms with Crippen molar-refractivity contribution in [2.24, 2.45) is 0 Å². The van der Waals surface area contributed by atoms with E-state index in [9.17, 15) is 5.11 Å². The predicted octanol–water partition coefficient (Wildman–Crippen LogP) is 3.96. The summed E-state index contributed by atoms with van der Waals surface area (Å²) < 4.78 is 0. The molecule has 1 saturated carbocycles. The summed E-state index contributed by atoms with van der Waals surface area (Å²) in [6.45, 7) is 9.41. The second kappa shape index (κ2) is 6.28. The third-order valence-electron chi connectivity index (χ3n) is 4.87. The maximum absolute atomic E-state index is 10.6. The third-order valence-corrected chi connectivity index (χ3v) is 4.87. The second-order valence-corrected chi connectivity index (χ2v) is 6.68. The van der Waals surface area contributed by atoms with E-state index in [4.69, 9.17) is 0 Å². The van der Waals surface area contributed by atoms with E-state index in [1.54, 1.807) is 0 Å². The number of rotatable bonds is 4. The van der Waals surface area contributed by atoms with Gasteiger partial charge >= 0.3 is 0 Å². The lowest BCUT2D eigenvalue weighted by atomic mass is 9.84. The van der Waals surface area contributed by atoms with Crippen molar-refractivity contribution in [2.75, 3.05) is 6.54 Å². The van der Waals surface area contributed by atoms with Crippen molar-refractivity contribution in [3.63, 3.8) is 0 Å². The molecule has 0 aliphatic heterocycles. The van der Waals surface area contributed by atoms with E-state index in [0.29, 0.717) is 12.6 Å². The van der Waals surface area contributed by atoms with Crippen molar-refractivity contribution in [3.05, 3.63) is 34.4 Å². The Hall–Kier alpha value is -0.860. The van der Waals surface area contributed by atoms with Crippen LogP contribution in [0.2, 0.25) is 0 Å². The lowest BCUT2D eigenvalue weighted by Crippen LogP contribution is -2.43. The van der Waals surface area contributed by atoms with Gasteiger partial charge in [0.2, 0.25) is 0 Å². The molecule has 1 atom stereocenters. The molecule has 0 aromatic heterocycles. The van der Waals surface area contributed by atoms with E-state index >= 15 is 0 Å². The van der Waals surface area contributed by atoms with Crippen LogP contribution < -0.4 is 5.32 Å². The van der Waals surface area contributed by atoms with Crippen molar-refractivity contribution in [1.82, 2.24) is 5.32 Å². The Morgan fingerprint density at radius 3 is 2.30 bits per heavy atom. The van der Waals surface area contributed by atoms with E-state index in [-0.39, 0.29) is 0 Å². The molecule has 1 unspecified atom stereocenters. The zero-order chi connectivity index (χ0) is 14.8. The average molecular weight is 275 g/mol. The summed E-state index contributed by atoms with van der Waals surface area (Å²) in [5.74, 6) is 0. The fourth-order valence-electron chi connectivity index (χ4n) is 3.29. The molecular formula is C18H29NO. The molecule has 20 heavy (non-hydrogen) atoms. The van der Waals surface area contributed by atoms with Crippen LogP contribution in [0, 0.1) is 20.8 Å². The summed E-state index contributed by atoms with van der Waals surface area (Å²) in [5.41, 5.74) is 4.90. The Bertz CT molecular complexity index is 461. The van der Waals surface area contributed by atoms with Gasteiger partial charge < -0.3 is 10.4 Å². The van der Waals surface area contributed by atoms with Crippen LogP contribution in [0.4, 0.5) is 0 Å². The molecule has 1 fully saturated rings. The summed E-state index contributed by atoms with van der Waals surface area (Å²) in [6, 6.07) is 4.84. The van der Waals surface area contributed by atoms with Crippen LogP contribution in [-0.2, 0) is 0 Å². The van der Waals surface area contributed by atoms with Gasteiger partial charge in [0, 0.05) is 12.6 Å². The highest BCUT2D eigenvalue weighted by molar-refractivity contribution is 5.38. The van der Waals surface area contributed by atoms with Gasteiger partial charge in [0.15, 0.2) is 0 Å². The molecule has 0 spiro atoms. The fraction of sp³-hybridized carbons (Fsp3) is 0.667. The molecule has 2 nitrogen and oxygen atoms in total. The topological polar surface area (TPSA) is 32.3 Å². The third kappa shape index (κ3) is 3.62. The average Bonchev–Trinajstić information content (AvgIpc) is 2.41. The van der Waals surface area contributed by atoms with Gasteiger partial charge in [-0.3, -0.25) is 0 Å². The molecular weight excluding hydrogens is 246 g/mol. The van der Waals surface area contributed by atoms with Gasteiger partial charge in [0.25, 0.3) is 0 Å². The lowest BCUT2D eigenvalue weighted by Gasteiger charge is -2.33. The number of hydrogen-bond acceptors (Lipinski definition) is 2. The van der Waals surface area contributed by atoms with Gasteiger partial charge in [-0.2, -0.15) is 0 Å². The van der Waals surface area contributed by atoms with Crippen molar-refractivity contribution in [3.8, 4) is 0 Å². The summed E-state index contributed by atoms with van der Waals surface area (Å²) >= 11 is 0. The number of hydrogen-bond donors (Lipinski definition) is 2. The zero-order valence-corrected chi connectivity index (χ0v) is 13.4. The minimum atomic E-state index is -0.486. The van der Waals surface area contributed by atoms with E-state index in [1.807, 2.05) is 0 Å². The molecule has 2 heteroatoms. The van der Waals surface area contributed by atoms with E-state index < -0.39 is 5.60 Å². The molecule has 0 bridgehead atoms. The molecule has 1 aromatic carbocycles. The Balaban J connectivity index is 2.01. The summed E-state index contributed by atoms with van der Waals surface area (Å²) in [6.07, 6.45) is 5.48. The second-order valence-electron chi connectivity index (χ2n) is 6.68. The number of aryl methyl sites for hydroxylation is 3. The molecule has 0 radical (unpaired) electrons. The first kappa shape index (κ1) is 15.5. The zero-order valence-electron chi connectivity index (χ0n) is 13.4. The van der Waals surface area contributed by atoms with Crippen LogP contribution in [0.15, 0.2) is 12.1 Å². The van der Waals surface area contributed by atoms with Gasteiger partial charge in [0.05, 0.1) is 5.60 Å². The molecule has 2 rings (SSSR count). The molecule has 1 aromatic rings. The minimum absolute atomic E-state index is 0.292. The molecule has 2 N–H and O–H groups in total. The van der Waals surface area contributed by atoms with Gasteiger partial charge in [-0.05, 0) is 62.8 Å². The summed E-state index contributed by atoms with van der Waals surface area (Å²) in [7, 11) is 0. The van der Waals surface area contributed by atoms with Crippen LogP contribution in [0.3, 0.4) is 0 Å². The van der Waals surface area contributed by atoms with E-state index in [1.165, 1.54) is 28.7 Å². The van der Waals surface area contributed by atoms with Gasteiger partial charge in [0.1, 0.15) is 0 Å². The minimum Gasteiger partial charge on any atom is -0.389 e. The van der Waals surface area contributed by atoms with Crippen molar-refractivity contribution in [2.45, 2.75) is 71.4 Å². The van der Waals surface area contributed by atoms with E-state index in [2.05, 4.69) is 45.1 Å². The standard InChI is InChI=1S/C18H29NO/c1-13-10-15(3)17(11-14(13)2)16(4)19-12-18(20)8-6-5-7-9-18/h10-11,16,19-20H,5-9,12H2,1-4H3. The van der Waals surface area contributed by atoms with Gasteiger partial charge in [-0.1, -0.05) is 31.4 Å². The van der Waals surface area contributed by atoms with Gasteiger partial charge in [-0.25, -0.2) is 0 Å². The highest BCUT2D eigenvalue weighted by Crippen LogP contribution is 2.28. The van der Waals surface area contributed by atoms with Crippen molar-refractivity contribution < 1.29 is 5.11 Å². The van der Waals surface area contributed by atoms with Crippen LogP contribution >= 0.6 is 0 Å². The molecule has 1 aliphatic rings. The Kier molecular flexibility index (Phi) is 4.87. The SMILES string of the molecule is Cc1cc(C)c(C(C)NCC2(O)CCCCC2)cc1C. The normalized spacial score (nSPS) is 19.9. The smallest absolute Gasteiger partial charge is 0.0771 e. The van der Waals surface area contributed by atoms with Crippen molar-refractivity contribution >= 4 is 0 Å². The molecule has 0 heterocycles. The number of aliphatic hydroxyl groups is 1. The number of nitrogens with one attached hydrogen (secondary N) is 1. The molecule has 112 valence electrons. The first-order valence-electron chi connectivity index (χ1n) is 7.95. The maximum Gasteiger partial charge on any atom is 0.0771 e. The quantitative estimate of drug-likeness (QED) is 0.872. The van der Waals surface area contributed by atoms with Crippen molar-refractivity contribution in [1.29, 1.82) is 0 Å². The molecule has 0 amide bonds. The fourth-order valence-corrected chi connectivity index (χ4v) is 3.29. The Labute approximate surface area is 123 Å². The first-order valence-corrected chi connectivity index (χ1v) is 7.95. The molecule has 0 saturated heterocycles. The largest absolute Gasteiger partial charge is 0.389 e. The Morgan fingerprint density at radius 1 is 1.05 bits per heavy atom. The van der Waals surface area contributed by atoms with Crippen LogP contribution in [0.25, 0.3) is 0 Å². The predicted molar refractivity (Wildman–Crippen MR) is 85.1 cm³/mol. The van der Waals surface area contributed by atoms with E-state index in [0.717, 1.165) is 25.7 Å². The number of benzene rings is 1. The van der Waals surface area contributed by atoms with Crippen LogP contribution in [0.1, 0.15) is 67.3 Å². The van der Waals surface area contributed by atoms with Crippen LogP contribution in [0.5, 0.6) is 0 Å².